The number of nitrogens with zero attached hydrogens (tertiary/aromatic N) is 2. The van der Waals surface area contributed by atoms with Crippen LogP contribution in [0.3, 0.4) is 0 Å². The quantitative estimate of drug-likeness (QED) is 0.159. The molecule has 0 saturated carbocycles. The molecule has 4 aliphatic carbocycles. The monoisotopic (exact) mass is 1110 g/mol. The van der Waals surface area contributed by atoms with E-state index in [1.54, 1.807) is 0 Å². The molecular formula is C82H85BN2. The maximum atomic E-state index is 2.74. The Morgan fingerprint density at radius 2 is 0.494 bits per heavy atom. The van der Waals surface area contributed by atoms with Crippen molar-refractivity contribution in [3.63, 3.8) is 0 Å². The van der Waals surface area contributed by atoms with Crippen molar-refractivity contribution in [3.8, 4) is 0 Å². The van der Waals surface area contributed by atoms with Gasteiger partial charge in [0.15, 0.2) is 0 Å². The van der Waals surface area contributed by atoms with Crippen LogP contribution in [0.4, 0.5) is 34.1 Å². The SMILES string of the molecule is CC(C)(C)c1cc2c3c(c1)N(c1ccc4c(c1)C(C)(C)c1ccccc1C4(C)C)c1cc4c(cc1B3c1cc3c(cc1N2c1ccc2c(c1)C(C)(C)c1ccccc1C2(C)C)C(C)(C)c1ccccc1C3(C)C)C(C)(C)c1ccccc1C4(C)C. The molecule has 3 heteroatoms. The summed E-state index contributed by atoms with van der Waals surface area (Å²) < 4.78 is 0. The molecular weight excluding hydrogens is 1020 g/mol. The van der Waals surface area contributed by atoms with Gasteiger partial charge in [-0.15, -0.1) is 0 Å². The van der Waals surface area contributed by atoms with Crippen molar-refractivity contribution in [1.29, 1.82) is 0 Å². The van der Waals surface area contributed by atoms with Gasteiger partial charge in [0.2, 0.25) is 0 Å². The van der Waals surface area contributed by atoms with Crippen molar-refractivity contribution >= 4 is 57.2 Å². The highest BCUT2D eigenvalue weighted by Crippen LogP contribution is 2.58. The van der Waals surface area contributed by atoms with Crippen molar-refractivity contribution < 1.29 is 0 Å². The molecule has 0 amide bonds. The Kier molecular flexibility index (Phi) is 10.7. The van der Waals surface area contributed by atoms with Gasteiger partial charge in [-0.3, -0.25) is 0 Å². The van der Waals surface area contributed by atoms with E-state index >= 15 is 0 Å². The summed E-state index contributed by atoms with van der Waals surface area (Å²) in [5.74, 6) is 0. The van der Waals surface area contributed by atoms with Crippen molar-refractivity contribution in [2.45, 2.75) is 180 Å². The molecule has 0 aromatic heterocycles. The van der Waals surface area contributed by atoms with Crippen LogP contribution in [0.5, 0.6) is 0 Å². The van der Waals surface area contributed by atoms with Gasteiger partial charge in [0, 0.05) is 77.4 Å². The van der Waals surface area contributed by atoms with Crippen LogP contribution in [0.15, 0.2) is 170 Å². The van der Waals surface area contributed by atoms with Crippen LogP contribution in [0.25, 0.3) is 0 Å². The van der Waals surface area contributed by atoms with E-state index in [2.05, 4.69) is 311 Å². The Balaban J connectivity index is 1.09. The first-order valence-electron chi connectivity index (χ1n) is 31.7. The van der Waals surface area contributed by atoms with E-state index in [-0.39, 0.29) is 55.4 Å². The van der Waals surface area contributed by atoms with E-state index in [9.17, 15) is 0 Å². The lowest BCUT2D eigenvalue weighted by Gasteiger charge is -2.50. The molecule has 0 unspecified atom stereocenters. The smallest absolute Gasteiger partial charge is 0.252 e. The van der Waals surface area contributed by atoms with Crippen LogP contribution in [-0.2, 0) is 48.7 Å². The van der Waals surface area contributed by atoms with Gasteiger partial charge in [-0.1, -0.05) is 253 Å². The Bertz CT molecular complexity index is 4150. The predicted molar refractivity (Wildman–Crippen MR) is 362 cm³/mol. The first kappa shape index (κ1) is 54.3. The Labute approximate surface area is 508 Å². The number of anilines is 6. The summed E-state index contributed by atoms with van der Waals surface area (Å²) in [4.78, 5) is 5.49. The summed E-state index contributed by atoms with van der Waals surface area (Å²) in [5, 5.41) is 0. The predicted octanol–water partition coefficient (Wildman–Crippen LogP) is 18.9. The molecule has 0 atom stereocenters. The maximum absolute atomic E-state index is 2.74. The maximum Gasteiger partial charge on any atom is 0.252 e. The number of benzene rings is 9. The third-order valence-electron chi connectivity index (χ3n) is 23.2. The topological polar surface area (TPSA) is 6.48 Å². The molecule has 2 aliphatic heterocycles. The molecule has 9 aromatic rings. The summed E-state index contributed by atoms with van der Waals surface area (Å²) in [6, 6.07) is 68.3. The van der Waals surface area contributed by atoms with Gasteiger partial charge in [-0.25, -0.2) is 0 Å². The van der Waals surface area contributed by atoms with E-state index in [1.807, 2.05) is 0 Å². The zero-order valence-electron chi connectivity index (χ0n) is 54.1. The van der Waals surface area contributed by atoms with Crippen LogP contribution in [0, 0.1) is 0 Å². The third kappa shape index (κ3) is 6.91. The molecule has 0 fully saturated rings. The van der Waals surface area contributed by atoms with Gasteiger partial charge in [-0.2, -0.15) is 0 Å². The van der Waals surface area contributed by atoms with Crippen molar-refractivity contribution in [3.05, 3.63) is 264 Å². The normalized spacial score (nSPS) is 19.7. The Morgan fingerprint density at radius 3 is 0.765 bits per heavy atom. The van der Waals surface area contributed by atoms with Crippen molar-refractivity contribution in [1.82, 2.24) is 0 Å². The lowest BCUT2D eigenvalue weighted by Crippen LogP contribution is -2.62. The minimum atomic E-state index is -0.259. The van der Waals surface area contributed by atoms with Crippen LogP contribution in [0.1, 0.15) is 226 Å². The molecule has 2 heterocycles. The summed E-state index contributed by atoms with van der Waals surface area (Å²) in [6.07, 6.45) is 0. The highest BCUT2D eigenvalue weighted by molar-refractivity contribution is 7.00. The molecule has 0 N–H and O–H groups in total. The third-order valence-corrected chi connectivity index (χ3v) is 23.2. The highest BCUT2D eigenvalue weighted by atomic mass is 15.2. The van der Waals surface area contributed by atoms with Gasteiger partial charge in [0.05, 0.1) is 0 Å². The van der Waals surface area contributed by atoms with Gasteiger partial charge < -0.3 is 9.80 Å². The molecule has 0 bridgehead atoms. The zero-order valence-corrected chi connectivity index (χ0v) is 54.1. The second-order valence-electron chi connectivity index (χ2n) is 31.8. The molecule has 426 valence electrons. The zero-order chi connectivity index (χ0) is 60.0. The molecule has 15 rings (SSSR count). The molecule has 85 heavy (non-hydrogen) atoms. The number of hydrogen-bond donors (Lipinski definition) is 0. The fraction of sp³-hybridized carbons (Fsp3) is 0.341. The molecule has 0 saturated heterocycles. The first-order chi connectivity index (χ1) is 39.8. The summed E-state index contributed by atoms with van der Waals surface area (Å²) in [7, 11) is 0. The van der Waals surface area contributed by atoms with E-state index < -0.39 is 0 Å². The lowest BCUT2D eigenvalue weighted by atomic mass is 9.32. The molecule has 0 radical (unpaired) electrons. The van der Waals surface area contributed by atoms with E-state index in [4.69, 9.17) is 0 Å². The number of rotatable bonds is 2. The van der Waals surface area contributed by atoms with Gasteiger partial charge in [0.1, 0.15) is 0 Å². The average molecular weight is 1110 g/mol. The number of hydrogen-bond acceptors (Lipinski definition) is 2. The van der Waals surface area contributed by atoms with Crippen LogP contribution >= 0.6 is 0 Å². The van der Waals surface area contributed by atoms with Crippen LogP contribution in [0.2, 0.25) is 0 Å². The summed E-state index contributed by atoms with van der Waals surface area (Å²) in [5.41, 5.74) is 33.6. The van der Waals surface area contributed by atoms with Crippen LogP contribution in [-0.4, -0.2) is 6.71 Å². The second kappa shape index (κ2) is 16.8. The first-order valence-corrected chi connectivity index (χ1v) is 31.7. The molecule has 6 aliphatic rings. The van der Waals surface area contributed by atoms with Gasteiger partial charge >= 0.3 is 0 Å². The van der Waals surface area contributed by atoms with Crippen LogP contribution < -0.4 is 26.2 Å². The lowest BCUT2D eigenvalue weighted by molar-refractivity contribution is 0.520. The molecule has 0 spiro atoms. The van der Waals surface area contributed by atoms with Crippen molar-refractivity contribution in [2.75, 3.05) is 9.80 Å². The standard InChI is InChI=1S/C82H85BN2/c1-74(2,3)48-40-71-73-72(41-48)85(50-37-39-60-62(43-50)78(10,11)54-31-23-21-29-52(54)76(60,6)7)70-47-66-64(80(14,15)56-33-25-27-35-58(56)82(66,18)19)45-68(70)83(73)67-44-63-65(81(16,17)57-34-26-24-32-55(57)79(63,12)13)46-69(67)84(71)49-36-38-59-61(42-49)77(8,9)53-30-22-20-28-51(53)75(59,4)5/h20-47H,1-19H3. The van der Waals surface area contributed by atoms with Gasteiger partial charge in [-0.05, 0) is 165 Å². The summed E-state index contributed by atoms with van der Waals surface area (Å²) in [6.45, 7) is 46.6. The molecule has 9 aromatic carbocycles. The Morgan fingerprint density at radius 1 is 0.259 bits per heavy atom. The van der Waals surface area contributed by atoms with E-state index in [0.29, 0.717) is 0 Å². The minimum Gasteiger partial charge on any atom is -0.311 e. The molecule has 2 nitrogen and oxygen atoms in total. The fourth-order valence-corrected chi connectivity index (χ4v) is 18.1. The van der Waals surface area contributed by atoms with E-state index in [1.165, 1.54) is 145 Å². The highest BCUT2D eigenvalue weighted by Gasteiger charge is 2.52. The van der Waals surface area contributed by atoms with E-state index in [0.717, 1.165) is 0 Å². The second-order valence-corrected chi connectivity index (χ2v) is 31.8. The van der Waals surface area contributed by atoms with Gasteiger partial charge in [0.25, 0.3) is 6.71 Å². The van der Waals surface area contributed by atoms with Crippen molar-refractivity contribution in [2.24, 2.45) is 0 Å². The largest absolute Gasteiger partial charge is 0.311 e. The minimum absolute atomic E-state index is 0.0842. The Hall–Kier alpha value is -7.36. The fourth-order valence-electron chi connectivity index (χ4n) is 18.1. The number of fused-ring (bicyclic) bond motifs is 12. The average Bonchev–Trinajstić information content (AvgIpc) is 0.730. The summed E-state index contributed by atoms with van der Waals surface area (Å²) >= 11 is 0.